The number of esters is 1. The van der Waals surface area contributed by atoms with Gasteiger partial charge in [-0.3, -0.25) is 0 Å². The van der Waals surface area contributed by atoms with E-state index in [1.54, 1.807) is 12.1 Å². The Kier molecular flexibility index (Phi) is 19.3. The predicted octanol–water partition coefficient (Wildman–Crippen LogP) is 11.5. The summed E-state index contributed by atoms with van der Waals surface area (Å²) >= 11 is 0. The standard InChI is InChI=1S/C56H60O8/c1-2-33-64-56(59)54-40-46(16-15-45-18-23-50-42-53(29-25-48(50)39-45)62-35-10-6-4-8-32-58)21-30-55(54)63-37-12-11-36-60-51-26-19-43(20-27-51)13-14-44-17-22-49-41-52(28-24-47(49)38-44)61-34-9-5-3-7-31-57/h17-30,38-42,57-58H,2-12,31-37H2,1H3. The highest BCUT2D eigenvalue weighted by Gasteiger charge is 2.15. The minimum atomic E-state index is -0.430. The average molecular weight is 861 g/mol. The molecule has 6 aromatic rings. The van der Waals surface area contributed by atoms with E-state index in [9.17, 15) is 4.79 Å². The van der Waals surface area contributed by atoms with E-state index < -0.39 is 5.97 Å². The van der Waals surface area contributed by atoms with E-state index >= 15 is 0 Å². The maximum absolute atomic E-state index is 13.1. The number of aliphatic hydroxyl groups excluding tert-OH is 2. The number of carbonyl (C=O) groups excluding carboxylic acids is 1. The van der Waals surface area contributed by atoms with E-state index in [1.807, 2.05) is 79.7 Å². The molecule has 0 aliphatic rings. The number of hydrogen-bond donors (Lipinski definition) is 2. The Morgan fingerprint density at radius 1 is 0.422 bits per heavy atom. The molecule has 0 aromatic heterocycles. The van der Waals surface area contributed by atoms with Gasteiger partial charge in [-0.1, -0.05) is 67.7 Å². The average Bonchev–Trinajstić information content (AvgIpc) is 3.33. The molecule has 0 amide bonds. The molecule has 8 nitrogen and oxygen atoms in total. The largest absolute Gasteiger partial charge is 0.494 e. The molecule has 64 heavy (non-hydrogen) atoms. The molecule has 332 valence electrons. The van der Waals surface area contributed by atoms with Gasteiger partial charge in [0.15, 0.2) is 0 Å². The molecule has 0 saturated heterocycles. The van der Waals surface area contributed by atoms with Crippen LogP contribution in [0.1, 0.15) is 110 Å². The first-order valence-electron chi connectivity index (χ1n) is 22.8. The van der Waals surface area contributed by atoms with Gasteiger partial charge in [-0.2, -0.15) is 0 Å². The third-order valence-corrected chi connectivity index (χ3v) is 10.5. The number of unbranched alkanes of at least 4 members (excludes halogenated alkanes) is 7. The zero-order chi connectivity index (χ0) is 44.6. The highest BCUT2D eigenvalue weighted by Crippen LogP contribution is 2.25. The normalized spacial score (nSPS) is 10.7. The Morgan fingerprint density at radius 3 is 1.38 bits per heavy atom. The molecule has 0 bridgehead atoms. The fourth-order valence-corrected chi connectivity index (χ4v) is 6.96. The summed E-state index contributed by atoms with van der Waals surface area (Å²) in [6.07, 6.45) is 10.0. The topological polar surface area (TPSA) is 104 Å². The van der Waals surface area contributed by atoms with E-state index in [4.69, 9.17) is 33.9 Å². The third-order valence-electron chi connectivity index (χ3n) is 10.5. The molecule has 0 radical (unpaired) electrons. The van der Waals surface area contributed by atoms with Gasteiger partial charge in [0.2, 0.25) is 0 Å². The molecule has 0 saturated carbocycles. The van der Waals surface area contributed by atoms with Crippen LogP contribution in [0.5, 0.6) is 23.0 Å². The van der Waals surface area contributed by atoms with Crippen molar-refractivity contribution in [3.8, 4) is 46.7 Å². The summed E-state index contributed by atoms with van der Waals surface area (Å²) in [5.74, 6) is 15.5. The first kappa shape index (κ1) is 47.0. The second-order valence-electron chi connectivity index (χ2n) is 15.7. The molecule has 0 atom stereocenters. The van der Waals surface area contributed by atoms with Crippen LogP contribution < -0.4 is 18.9 Å². The summed E-state index contributed by atoms with van der Waals surface area (Å²) < 4.78 is 29.5. The van der Waals surface area contributed by atoms with Crippen LogP contribution in [0.15, 0.2) is 115 Å². The van der Waals surface area contributed by atoms with Crippen molar-refractivity contribution in [2.75, 3.05) is 46.2 Å². The minimum Gasteiger partial charge on any atom is -0.494 e. The molecule has 2 N–H and O–H groups in total. The predicted molar refractivity (Wildman–Crippen MR) is 256 cm³/mol. The number of rotatable bonds is 24. The maximum atomic E-state index is 13.1. The molecule has 6 rings (SSSR count). The van der Waals surface area contributed by atoms with Crippen molar-refractivity contribution in [2.24, 2.45) is 0 Å². The number of benzene rings is 6. The molecular formula is C56H60O8. The maximum Gasteiger partial charge on any atom is 0.341 e. The van der Waals surface area contributed by atoms with Crippen molar-refractivity contribution in [3.05, 3.63) is 143 Å². The van der Waals surface area contributed by atoms with Crippen LogP contribution in [0, 0.1) is 23.7 Å². The van der Waals surface area contributed by atoms with E-state index in [1.165, 1.54) is 0 Å². The minimum absolute atomic E-state index is 0.243. The number of hydrogen-bond acceptors (Lipinski definition) is 8. The second-order valence-corrected chi connectivity index (χ2v) is 15.7. The van der Waals surface area contributed by atoms with Crippen LogP contribution in [-0.4, -0.2) is 62.4 Å². The summed E-state index contributed by atoms with van der Waals surface area (Å²) in [4.78, 5) is 13.1. The molecule has 0 spiro atoms. The smallest absolute Gasteiger partial charge is 0.341 e. The highest BCUT2D eigenvalue weighted by molar-refractivity contribution is 5.93. The van der Waals surface area contributed by atoms with Gasteiger partial charge in [-0.05, 0) is 170 Å². The Morgan fingerprint density at radius 2 is 0.828 bits per heavy atom. The van der Waals surface area contributed by atoms with E-state index in [2.05, 4.69) is 54.0 Å². The monoisotopic (exact) mass is 860 g/mol. The lowest BCUT2D eigenvalue weighted by Crippen LogP contribution is -2.10. The molecule has 0 heterocycles. The van der Waals surface area contributed by atoms with E-state index in [0.717, 1.165) is 126 Å². The number of carbonyl (C=O) groups is 1. The molecule has 6 aromatic carbocycles. The van der Waals surface area contributed by atoms with Gasteiger partial charge in [0.05, 0.1) is 33.0 Å². The van der Waals surface area contributed by atoms with Gasteiger partial charge >= 0.3 is 5.97 Å². The van der Waals surface area contributed by atoms with Crippen LogP contribution in [0.2, 0.25) is 0 Å². The Bertz CT molecular complexity index is 2520. The quantitative estimate of drug-likeness (QED) is 0.0352. The Balaban J connectivity index is 0.949. The van der Waals surface area contributed by atoms with Gasteiger partial charge in [0.1, 0.15) is 28.6 Å². The summed E-state index contributed by atoms with van der Waals surface area (Å²) in [6.45, 7) is 5.06. The third kappa shape index (κ3) is 15.4. The molecule has 0 aliphatic carbocycles. The molecule has 0 unspecified atom stereocenters. The van der Waals surface area contributed by atoms with Gasteiger partial charge in [-0.15, -0.1) is 0 Å². The molecule has 8 heteroatoms. The summed E-state index contributed by atoms with van der Waals surface area (Å²) in [5, 5.41) is 22.2. The molecular weight excluding hydrogens is 801 g/mol. The number of aliphatic hydroxyl groups is 2. The van der Waals surface area contributed by atoms with Crippen LogP contribution in [0.3, 0.4) is 0 Å². The van der Waals surface area contributed by atoms with Crippen molar-refractivity contribution >= 4 is 27.5 Å². The fraction of sp³-hybridized carbons (Fsp3) is 0.339. The van der Waals surface area contributed by atoms with E-state index in [0.29, 0.717) is 49.9 Å². The van der Waals surface area contributed by atoms with Crippen LogP contribution in [0.25, 0.3) is 21.5 Å². The zero-order valence-corrected chi connectivity index (χ0v) is 37.0. The SMILES string of the molecule is CCCOC(=O)c1cc(C#Cc2ccc3cc(OCCCCCCO)ccc3c2)ccc1OCCCCOc1ccc(C#Cc2ccc3cc(OCCCCCCO)ccc3c2)cc1. The van der Waals surface area contributed by atoms with Crippen molar-refractivity contribution in [2.45, 2.75) is 77.6 Å². The lowest BCUT2D eigenvalue weighted by atomic mass is 10.1. The zero-order valence-electron chi connectivity index (χ0n) is 37.0. The number of fused-ring (bicyclic) bond motifs is 2. The van der Waals surface area contributed by atoms with Gasteiger partial charge in [0.25, 0.3) is 0 Å². The van der Waals surface area contributed by atoms with Gasteiger partial charge in [0, 0.05) is 35.5 Å². The fourth-order valence-electron chi connectivity index (χ4n) is 6.96. The van der Waals surface area contributed by atoms with Crippen LogP contribution in [0.4, 0.5) is 0 Å². The Labute approximate surface area is 378 Å². The number of ether oxygens (including phenoxy) is 5. The lowest BCUT2D eigenvalue weighted by Gasteiger charge is -2.12. The van der Waals surface area contributed by atoms with E-state index in [-0.39, 0.29) is 13.2 Å². The Hall–Kier alpha value is -6.45. The first-order valence-corrected chi connectivity index (χ1v) is 22.8. The first-order chi connectivity index (χ1) is 31.5. The second kappa shape index (κ2) is 26.2. The van der Waals surface area contributed by atoms with Gasteiger partial charge < -0.3 is 33.9 Å². The van der Waals surface area contributed by atoms with Crippen molar-refractivity contribution < 1.29 is 38.7 Å². The van der Waals surface area contributed by atoms with Crippen molar-refractivity contribution in [3.63, 3.8) is 0 Å². The van der Waals surface area contributed by atoms with Crippen LogP contribution >= 0.6 is 0 Å². The summed E-state index contributed by atoms with van der Waals surface area (Å²) in [6, 6.07) is 37.7. The summed E-state index contributed by atoms with van der Waals surface area (Å²) in [7, 11) is 0. The lowest BCUT2D eigenvalue weighted by molar-refractivity contribution is 0.0500. The molecule has 0 fully saturated rings. The summed E-state index contributed by atoms with van der Waals surface area (Å²) in [5.41, 5.74) is 3.76. The van der Waals surface area contributed by atoms with Crippen LogP contribution in [-0.2, 0) is 4.74 Å². The molecule has 0 aliphatic heterocycles. The van der Waals surface area contributed by atoms with Gasteiger partial charge in [-0.25, -0.2) is 4.79 Å². The van der Waals surface area contributed by atoms with Crippen molar-refractivity contribution in [1.82, 2.24) is 0 Å². The highest BCUT2D eigenvalue weighted by atomic mass is 16.5. The van der Waals surface area contributed by atoms with Crippen molar-refractivity contribution in [1.29, 1.82) is 0 Å².